The summed E-state index contributed by atoms with van der Waals surface area (Å²) in [7, 11) is -3.13. The predicted octanol–water partition coefficient (Wildman–Crippen LogP) is 1.33. The Kier molecular flexibility index (Phi) is 8.00. The fraction of sp³-hybridized carbons (Fsp3) is 0.571. The van der Waals surface area contributed by atoms with Crippen LogP contribution in [0.4, 0.5) is 0 Å². The number of sulfone groups is 1. The molecule has 1 unspecified atom stereocenters. The van der Waals surface area contributed by atoms with Gasteiger partial charge < -0.3 is 15.0 Å². The molecule has 1 aromatic carbocycles. The second-order valence-corrected chi connectivity index (χ2v) is 10.1. The minimum Gasteiger partial charge on any atom is -0.454 e. The third-order valence-electron chi connectivity index (χ3n) is 5.17. The third-order valence-corrected chi connectivity index (χ3v) is 6.92. The van der Waals surface area contributed by atoms with Gasteiger partial charge in [0, 0.05) is 18.2 Å². The molecule has 1 fully saturated rings. The van der Waals surface area contributed by atoms with Crippen molar-refractivity contribution < 1.29 is 27.5 Å². The van der Waals surface area contributed by atoms with Gasteiger partial charge in [-0.3, -0.25) is 9.59 Å². The number of nitrogens with zero attached hydrogens (tertiary/aromatic N) is 1. The lowest BCUT2D eigenvalue weighted by atomic mass is 10.0. The van der Waals surface area contributed by atoms with E-state index >= 15 is 0 Å². The molecule has 0 aromatic heterocycles. The number of hydrogen-bond acceptors (Lipinski definition) is 6. The Morgan fingerprint density at radius 3 is 2.33 bits per heavy atom. The van der Waals surface area contributed by atoms with E-state index in [1.54, 1.807) is 45.0 Å². The molecule has 2 amide bonds. The molecular weight excluding hydrogens is 408 g/mol. The Morgan fingerprint density at radius 2 is 1.83 bits per heavy atom. The number of likely N-dealkylation sites (N-methyl/N-ethyl adjacent to an activating group) is 1. The van der Waals surface area contributed by atoms with Crippen LogP contribution in [0.15, 0.2) is 24.3 Å². The second-order valence-electron chi connectivity index (χ2n) is 7.91. The number of carbonyl (C=O) groups is 3. The first-order valence-electron chi connectivity index (χ1n) is 10.1. The fourth-order valence-electron chi connectivity index (χ4n) is 3.39. The van der Waals surface area contributed by atoms with Gasteiger partial charge in [0.05, 0.1) is 11.5 Å². The number of aryl methyl sites for hydroxylation is 1. The lowest BCUT2D eigenvalue weighted by molar-refractivity contribution is -0.155. The van der Waals surface area contributed by atoms with Gasteiger partial charge in [-0.1, -0.05) is 31.5 Å². The minimum absolute atomic E-state index is 0.0572. The molecule has 0 aliphatic carbocycles. The maximum atomic E-state index is 12.5. The molecule has 8 nitrogen and oxygen atoms in total. The molecule has 0 bridgehead atoms. The first kappa shape index (κ1) is 23.9. The van der Waals surface area contributed by atoms with Crippen LogP contribution >= 0.6 is 0 Å². The fourth-order valence-corrected chi connectivity index (χ4v) is 5.12. The Hall–Kier alpha value is -2.42. The van der Waals surface area contributed by atoms with Crippen molar-refractivity contribution in [1.82, 2.24) is 10.2 Å². The number of hydrogen-bond donors (Lipinski definition) is 1. The Bertz CT molecular complexity index is 879. The smallest absolute Gasteiger partial charge is 0.329 e. The highest BCUT2D eigenvalue weighted by molar-refractivity contribution is 7.91. The SMILES string of the molecule is CCN(C(=O)COC(=O)[C@@H](NC(=O)c1ccc(C)cc1)C(C)C)C1CCS(=O)(=O)C1. The zero-order valence-electron chi connectivity index (χ0n) is 17.9. The van der Waals surface area contributed by atoms with E-state index in [-0.39, 0.29) is 17.4 Å². The molecule has 166 valence electrons. The lowest BCUT2D eigenvalue weighted by Gasteiger charge is -2.27. The molecule has 9 heteroatoms. The van der Waals surface area contributed by atoms with E-state index in [0.29, 0.717) is 18.5 Å². The third kappa shape index (κ3) is 6.29. The van der Waals surface area contributed by atoms with Gasteiger partial charge in [0.25, 0.3) is 11.8 Å². The molecule has 1 heterocycles. The summed E-state index contributed by atoms with van der Waals surface area (Å²) in [4.78, 5) is 38.9. The van der Waals surface area contributed by atoms with E-state index in [4.69, 9.17) is 4.74 Å². The quantitative estimate of drug-likeness (QED) is 0.613. The van der Waals surface area contributed by atoms with E-state index in [1.165, 1.54) is 4.90 Å². The van der Waals surface area contributed by atoms with Crippen LogP contribution in [0.2, 0.25) is 0 Å². The van der Waals surface area contributed by atoms with Crippen molar-refractivity contribution in [2.75, 3.05) is 24.7 Å². The molecule has 2 rings (SSSR count). The predicted molar refractivity (Wildman–Crippen MR) is 113 cm³/mol. The highest BCUT2D eigenvalue weighted by atomic mass is 32.2. The maximum absolute atomic E-state index is 12.5. The Morgan fingerprint density at radius 1 is 1.20 bits per heavy atom. The molecule has 0 saturated carbocycles. The normalized spacial score (nSPS) is 18.6. The van der Waals surface area contributed by atoms with Crippen molar-refractivity contribution in [1.29, 1.82) is 0 Å². The average molecular weight is 439 g/mol. The summed E-state index contributed by atoms with van der Waals surface area (Å²) in [6.07, 6.45) is 0.386. The van der Waals surface area contributed by atoms with Crippen LogP contribution in [-0.2, 0) is 24.2 Å². The van der Waals surface area contributed by atoms with Crippen LogP contribution in [0.25, 0.3) is 0 Å². The van der Waals surface area contributed by atoms with Crippen molar-refractivity contribution in [3.8, 4) is 0 Å². The highest BCUT2D eigenvalue weighted by Crippen LogP contribution is 2.18. The van der Waals surface area contributed by atoms with Crippen molar-refractivity contribution >= 4 is 27.6 Å². The van der Waals surface area contributed by atoms with Gasteiger partial charge >= 0.3 is 5.97 Å². The molecule has 1 N–H and O–H groups in total. The van der Waals surface area contributed by atoms with Gasteiger partial charge in [0.2, 0.25) is 0 Å². The van der Waals surface area contributed by atoms with Gasteiger partial charge in [0.1, 0.15) is 6.04 Å². The summed E-state index contributed by atoms with van der Waals surface area (Å²) in [6.45, 7) is 7.04. The maximum Gasteiger partial charge on any atom is 0.329 e. The molecule has 1 saturated heterocycles. The average Bonchev–Trinajstić information content (AvgIpc) is 3.04. The molecule has 1 aliphatic heterocycles. The van der Waals surface area contributed by atoms with E-state index in [0.717, 1.165) is 5.56 Å². The number of benzene rings is 1. The Balaban J connectivity index is 1.96. The molecule has 1 aliphatic rings. The van der Waals surface area contributed by atoms with E-state index in [2.05, 4.69) is 5.32 Å². The summed E-state index contributed by atoms with van der Waals surface area (Å²) in [5.74, 6) is -1.80. The van der Waals surface area contributed by atoms with Crippen LogP contribution in [0.5, 0.6) is 0 Å². The minimum atomic E-state index is -3.13. The van der Waals surface area contributed by atoms with Crippen LogP contribution in [-0.4, -0.2) is 67.8 Å². The van der Waals surface area contributed by atoms with Crippen LogP contribution in [0, 0.1) is 12.8 Å². The Labute approximate surface area is 177 Å². The number of nitrogens with one attached hydrogen (secondary N) is 1. The molecule has 0 spiro atoms. The monoisotopic (exact) mass is 438 g/mol. The number of ether oxygens (including phenoxy) is 1. The molecular formula is C21H30N2O6S. The molecule has 0 radical (unpaired) electrons. The molecule has 1 aromatic rings. The zero-order valence-corrected chi connectivity index (χ0v) is 18.7. The van der Waals surface area contributed by atoms with Crippen molar-refractivity contribution in [3.63, 3.8) is 0 Å². The van der Waals surface area contributed by atoms with Gasteiger partial charge in [-0.2, -0.15) is 0 Å². The first-order chi connectivity index (χ1) is 14.0. The van der Waals surface area contributed by atoms with Gasteiger partial charge in [-0.15, -0.1) is 0 Å². The molecule has 30 heavy (non-hydrogen) atoms. The van der Waals surface area contributed by atoms with Gasteiger partial charge in [-0.05, 0) is 38.3 Å². The van der Waals surface area contributed by atoms with Crippen LogP contribution in [0.3, 0.4) is 0 Å². The number of carbonyl (C=O) groups excluding carboxylic acids is 3. The van der Waals surface area contributed by atoms with Crippen molar-refractivity contribution in [2.45, 2.75) is 46.2 Å². The van der Waals surface area contributed by atoms with Crippen LogP contribution < -0.4 is 5.32 Å². The summed E-state index contributed by atoms with van der Waals surface area (Å²) >= 11 is 0. The molecule has 2 atom stereocenters. The van der Waals surface area contributed by atoms with Gasteiger partial charge in [-0.25, -0.2) is 13.2 Å². The summed E-state index contributed by atoms with van der Waals surface area (Å²) in [6, 6.07) is 5.65. The summed E-state index contributed by atoms with van der Waals surface area (Å²) < 4.78 is 28.6. The number of amides is 2. The highest BCUT2D eigenvalue weighted by Gasteiger charge is 2.34. The second kappa shape index (κ2) is 10.1. The topological polar surface area (TPSA) is 110 Å². The lowest BCUT2D eigenvalue weighted by Crippen LogP contribution is -2.47. The number of rotatable bonds is 8. The first-order valence-corrected chi connectivity index (χ1v) is 11.9. The van der Waals surface area contributed by atoms with E-state index < -0.39 is 46.3 Å². The summed E-state index contributed by atoms with van der Waals surface area (Å²) in [5, 5.41) is 2.67. The van der Waals surface area contributed by atoms with Crippen LogP contribution in [0.1, 0.15) is 43.1 Å². The zero-order chi connectivity index (χ0) is 22.5. The standard InChI is InChI=1S/C21H30N2O6S/c1-5-23(17-10-11-30(27,28)13-17)18(24)12-29-21(26)19(14(2)3)22-20(25)16-8-6-15(4)7-9-16/h6-9,14,17,19H,5,10-13H2,1-4H3,(H,22,25)/t17?,19-/m0/s1. The van der Waals surface area contributed by atoms with E-state index in [1.807, 2.05) is 6.92 Å². The number of esters is 1. The van der Waals surface area contributed by atoms with Crippen molar-refractivity contribution in [3.05, 3.63) is 35.4 Å². The van der Waals surface area contributed by atoms with E-state index in [9.17, 15) is 22.8 Å². The van der Waals surface area contributed by atoms with Crippen molar-refractivity contribution in [2.24, 2.45) is 5.92 Å². The van der Waals surface area contributed by atoms with Gasteiger partial charge in [0.15, 0.2) is 16.4 Å². The summed E-state index contributed by atoms with van der Waals surface area (Å²) in [5.41, 5.74) is 1.44. The largest absolute Gasteiger partial charge is 0.454 e.